The molecule has 5 atom stereocenters. The molecule has 0 saturated carbocycles. The third-order valence-corrected chi connectivity index (χ3v) is 3.32. The Hall–Kier alpha value is -1.30. The summed E-state index contributed by atoms with van der Waals surface area (Å²) in [5, 5.41) is 2.24. The maximum Gasteiger partial charge on any atom is 0.305 e. The van der Waals surface area contributed by atoms with Crippen molar-refractivity contribution in [3.8, 4) is 0 Å². The minimum Gasteiger partial charge on any atom is -0.460 e. The van der Waals surface area contributed by atoms with Gasteiger partial charge in [0.05, 0.1) is 11.3 Å². The van der Waals surface area contributed by atoms with Crippen LogP contribution in [0.15, 0.2) is 4.99 Å². The zero-order valence-corrected chi connectivity index (χ0v) is 12.8. The van der Waals surface area contributed by atoms with Crippen molar-refractivity contribution in [2.24, 2.45) is 10.9 Å². The van der Waals surface area contributed by atoms with E-state index in [4.69, 9.17) is 14.2 Å². The summed E-state index contributed by atoms with van der Waals surface area (Å²) in [4.78, 5) is 26.4. The molecule has 0 aromatic carbocycles. The van der Waals surface area contributed by atoms with Gasteiger partial charge in [-0.05, 0) is 18.6 Å². The highest BCUT2D eigenvalue weighted by molar-refractivity contribution is 7.78. The molecule has 0 aromatic heterocycles. The van der Waals surface area contributed by atoms with E-state index in [2.05, 4.69) is 22.4 Å². The fourth-order valence-electron chi connectivity index (χ4n) is 2.35. The van der Waals surface area contributed by atoms with Gasteiger partial charge in [0.15, 0.2) is 6.04 Å². The van der Waals surface area contributed by atoms with Gasteiger partial charge < -0.3 is 14.2 Å². The van der Waals surface area contributed by atoms with E-state index in [0.29, 0.717) is 6.42 Å². The van der Waals surface area contributed by atoms with E-state index in [0.717, 1.165) is 0 Å². The van der Waals surface area contributed by atoms with E-state index in [9.17, 15) is 9.59 Å². The molecule has 1 rings (SSSR count). The first-order valence-corrected chi connectivity index (χ1v) is 6.88. The first kappa shape index (κ1) is 16.8. The molecule has 1 fully saturated rings. The van der Waals surface area contributed by atoms with E-state index in [1.807, 2.05) is 13.8 Å². The summed E-state index contributed by atoms with van der Waals surface area (Å²) in [5.41, 5.74) is 0. The lowest BCUT2D eigenvalue weighted by Crippen LogP contribution is -2.55. The fraction of sp³-hybridized carbons (Fsp3) is 0.769. The molecule has 1 aliphatic heterocycles. The van der Waals surface area contributed by atoms with E-state index < -0.39 is 30.4 Å². The van der Waals surface area contributed by atoms with Crippen LogP contribution in [-0.4, -0.2) is 41.6 Å². The monoisotopic (exact) mass is 301 g/mol. The van der Waals surface area contributed by atoms with Gasteiger partial charge in [-0.1, -0.05) is 13.8 Å². The Morgan fingerprint density at radius 1 is 1.30 bits per heavy atom. The number of thiocarbonyl (C=S) groups is 1. The number of hydrogen-bond donors (Lipinski definition) is 0. The molecular formula is C13H19NO5S. The van der Waals surface area contributed by atoms with Crippen LogP contribution < -0.4 is 0 Å². The third-order valence-electron chi connectivity index (χ3n) is 3.22. The molecule has 1 unspecified atom stereocenters. The molecule has 20 heavy (non-hydrogen) atoms. The van der Waals surface area contributed by atoms with Gasteiger partial charge in [-0.2, -0.15) is 0 Å². The van der Waals surface area contributed by atoms with Crippen LogP contribution >= 0.6 is 12.2 Å². The maximum atomic E-state index is 11.3. The number of carbonyl (C=O) groups excluding carboxylic acids is 2. The van der Waals surface area contributed by atoms with E-state index in [-0.39, 0.29) is 12.0 Å². The number of isothiocyanates is 1. The average molecular weight is 301 g/mol. The summed E-state index contributed by atoms with van der Waals surface area (Å²) in [6, 6.07) is -0.696. The van der Waals surface area contributed by atoms with Crippen molar-refractivity contribution in [2.45, 2.75) is 58.7 Å². The molecule has 0 bridgehead atoms. The van der Waals surface area contributed by atoms with Crippen LogP contribution in [0.5, 0.6) is 0 Å². The van der Waals surface area contributed by atoms with Crippen molar-refractivity contribution >= 4 is 29.3 Å². The quantitative estimate of drug-likeness (QED) is 0.447. The number of ether oxygens (including phenoxy) is 3. The van der Waals surface area contributed by atoms with Crippen LogP contribution in [-0.2, 0) is 23.8 Å². The lowest BCUT2D eigenvalue weighted by Gasteiger charge is -2.42. The van der Waals surface area contributed by atoms with Gasteiger partial charge in [-0.25, -0.2) is 4.99 Å². The second kappa shape index (κ2) is 7.47. The summed E-state index contributed by atoms with van der Waals surface area (Å²) < 4.78 is 16.2. The second-order valence-electron chi connectivity index (χ2n) is 4.70. The smallest absolute Gasteiger partial charge is 0.305 e. The zero-order valence-electron chi connectivity index (χ0n) is 12.0. The van der Waals surface area contributed by atoms with Gasteiger partial charge >= 0.3 is 11.9 Å². The summed E-state index contributed by atoms with van der Waals surface area (Å²) >= 11 is 4.61. The molecule has 1 saturated heterocycles. The predicted molar refractivity (Wildman–Crippen MR) is 74.3 cm³/mol. The largest absolute Gasteiger partial charge is 0.460 e. The standard InChI is InChI=1S/C13H19NO5S/c1-5-10-7(2)12(17-8(3)15)11(14-6-20)13(19-10)18-9(4)16/h7,10-13H,5H2,1-4H3/t7-,10-,11-,12+,13?/m1/s1. The van der Waals surface area contributed by atoms with Crippen molar-refractivity contribution in [1.29, 1.82) is 0 Å². The molecule has 0 amide bonds. The highest BCUT2D eigenvalue weighted by Gasteiger charge is 2.46. The molecule has 7 heteroatoms. The molecule has 112 valence electrons. The fourth-order valence-corrected chi connectivity index (χ4v) is 2.47. The van der Waals surface area contributed by atoms with Gasteiger partial charge in [0.2, 0.25) is 6.29 Å². The Labute approximate surface area is 123 Å². The van der Waals surface area contributed by atoms with Gasteiger partial charge in [0, 0.05) is 19.8 Å². The van der Waals surface area contributed by atoms with Crippen molar-refractivity contribution in [3.63, 3.8) is 0 Å². The number of rotatable bonds is 4. The summed E-state index contributed by atoms with van der Waals surface area (Å²) in [7, 11) is 0. The predicted octanol–water partition coefficient (Wildman–Crippen LogP) is 1.72. The Morgan fingerprint density at radius 3 is 2.35 bits per heavy atom. The Bertz CT molecular complexity index is 421. The Morgan fingerprint density at radius 2 is 1.90 bits per heavy atom. The first-order chi connectivity index (χ1) is 9.40. The van der Waals surface area contributed by atoms with Crippen molar-refractivity contribution in [3.05, 3.63) is 0 Å². The summed E-state index contributed by atoms with van der Waals surface area (Å²) in [5.74, 6) is -1.01. The lowest BCUT2D eigenvalue weighted by molar-refractivity contribution is -0.241. The minimum atomic E-state index is -0.923. The molecule has 0 aliphatic carbocycles. The number of carbonyl (C=O) groups is 2. The molecule has 6 nitrogen and oxygen atoms in total. The maximum absolute atomic E-state index is 11.3. The number of nitrogens with zero attached hydrogens (tertiary/aromatic N) is 1. The molecule has 1 heterocycles. The van der Waals surface area contributed by atoms with Crippen LogP contribution in [0.25, 0.3) is 0 Å². The lowest BCUT2D eigenvalue weighted by atomic mass is 9.88. The van der Waals surface area contributed by atoms with Gasteiger partial charge in [-0.15, -0.1) is 0 Å². The molecular weight excluding hydrogens is 282 g/mol. The third kappa shape index (κ3) is 4.10. The molecule has 0 N–H and O–H groups in total. The number of aliphatic imine (C=N–C) groups is 1. The minimum absolute atomic E-state index is 0.0900. The second-order valence-corrected chi connectivity index (χ2v) is 4.89. The Kier molecular flexibility index (Phi) is 6.26. The molecule has 0 aromatic rings. The van der Waals surface area contributed by atoms with Crippen molar-refractivity contribution < 1.29 is 23.8 Å². The van der Waals surface area contributed by atoms with Gasteiger partial charge in [0.1, 0.15) is 6.10 Å². The zero-order chi connectivity index (χ0) is 15.3. The van der Waals surface area contributed by atoms with Gasteiger partial charge in [0.25, 0.3) is 0 Å². The van der Waals surface area contributed by atoms with Crippen LogP contribution in [0.1, 0.15) is 34.1 Å². The van der Waals surface area contributed by atoms with Crippen LogP contribution in [0, 0.1) is 5.92 Å². The van der Waals surface area contributed by atoms with E-state index >= 15 is 0 Å². The average Bonchev–Trinajstić information content (AvgIpc) is 2.36. The SMILES string of the molecule is CC[C@H]1OC(OC(C)=O)[C@H](N=C=S)[C@@H](OC(C)=O)[C@@H]1C. The van der Waals surface area contributed by atoms with Crippen LogP contribution in [0.4, 0.5) is 0 Å². The molecule has 1 aliphatic rings. The van der Waals surface area contributed by atoms with E-state index in [1.165, 1.54) is 13.8 Å². The number of esters is 2. The van der Waals surface area contributed by atoms with Crippen molar-refractivity contribution in [2.75, 3.05) is 0 Å². The number of hydrogen-bond acceptors (Lipinski definition) is 7. The summed E-state index contributed by atoms with van der Waals surface area (Å²) in [6.07, 6.45) is -0.982. The highest BCUT2D eigenvalue weighted by atomic mass is 32.1. The topological polar surface area (TPSA) is 74.2 Å². The van der Waals surface area contributed by atoms with Crippen LogP contribution in [0.2, 0.25) is 0 Å². The van der Waals surface area contributed by atoms with E-state index in [1.54, 1.807) is 0 Å². The first-order valence-electron chi connectivity index (χ1n) is 6.47. The normalized spacial score (nSPS) is 32.9. The van der Waals surface area contributed by atoms with Gasteiger partial charge in [-0.3, -0.25) is 9.59 Å². The highest BCUT2D eigenvalue weighted by Crippen LogP contribution is 2.32. The molecule has 0 spiro atoms. The van der Waals surface area contributed by atoms with Crippen LogP contribution in [0.3, 0.4) is 0 Å². The molecule has 0 radical (unpaired) electrons. The summed E-state index contributed by atoms with van der Waals surface area (Å²) in [6.45, 7) is 6.45. The van der Waals surface area contributed by atoms with Crippen molar-refractivity contribution in [1.82, 2.24) is 0 Å². The Balaban J connectivity index is 3.06.